The molecule has 0 bridgehead atoms. The molecule has 7 heteroatoms. The second-order valence-electron chi connectivity index (χ2n) is 7.13. The minimum atomic E-state index is -0.118. The number of amides is 1. The Morgan fingerprint density at radius 3 is 2.63 bits per heavy atom. The van der Waals surface area contributed by atoms with E-state index >= 15 is 0 Å². The van der Waals surface area contributed by atoms with Gasteiger partial charge in [0.15, 0.2) is 0 Å². The summed E-state index contributed by atoms with van der Waals surface area (Å²) >= 11 is 3.27. The zero-order valence-electron chi connectivity index (χ0n) is 17.6. The van der Waals surface area contributed by atoms with Gasteiger partial charge in [-0.1, -0.05) is 12.1 Å². The van der Waals surface area contributed by atoms with Crippen LogP contribution in [0.5, 0.6) is 5.75 Å². The molecule has 0 aliphatic heterocycles. The van der Waals surface area contributed by atoms with E-state index in [-0.39, 0.29) is 5.91 Å². The number of rotatable bonds is 10. The first-order valence-corrected chi connectivity index (χ1v) is 11.7. The van der Waals surface area contributed by atoms with E-state index < -0.39 is 0 Å². The molecule has 0 spiro atoms. The van der Waals surface area contributed by atoms with Gasteiger partial charge in [0.05, 0.1) is 22.9 Å². The predicted octanol–water partition coefficient (Wildman–Crippen LogP) is 5.33. The Balaban J connectivity index is 1.56. The highest BCUT2D eigenvalue weighted by Gasteiger charge is 2.12. The quantitative estimate of drug-likeness (QED) is 0.341. The Morgan fingerprint density at radius 1 is 1.17 bits per heavy atom. The van der Waals surface area contributed by atoms with Gasteiger partial charge in [0.25, 0.3) is 5.91 Å². The van der Waals surface area contributed by atoms with Gasteiger partial charge in [-0.2, -0.15) is 0 Å². The zero-order chi connectivity index (χ0) is 21.3. The van der Waals surface area contributed by atoms with E-state index in [1.165, 1.54) is 0 Å². The summed E-state index contributed by atoms with van der Waals surface area (Å²) in [6, 6.07) is 15.2. The van der Waals surface area contributed by atoms with E-state index in [2.05, 4.69) is 20.6 Å². The average Bonchev–Trinajstić information content (AvgIpc) is 3.16. The summed E-state index contributed by atoms with van der Waals surface area (Å²) in [5, 5.41) is 6.10. The number of thioether (sulfide) groups is 1. The Morgan fingerprint density at radius 2 is 1.93 bits per heavy atom. The number of aryl methyl sites for hydroxylation is 1. The summed E-state index contributed by atoms with van der Waals surface area (Å²) in [6.07, 6.45) is 0.973. The van der Waals surface area contributed by atoms with Crippen molar-refractivity contribution in [3.05, 3.63) is 70.2 Å². The molecule has 1 heterocycles. The second-order valence-corrected chi connectivity index (χ2v) is 9.21. The average molecular weight is 442 g/mol. The Labute approximate surface area is 186 Å². The molecule has 3 rings (SSSR count). The van der Waals surface area contributed by atoms with Gasteiger partial charge in [-0.3, -0.25) is 4.79 Å². The van der Waals surface area contributed by atoms with Crippen molar-refractivity contribution in [1.29, 1.82) is 0 Å². The number of benzene rings is 2. The van der Waals surface area contributed by atoms with Crippen molar-refractivity contribution in [2.45, 2.75) is 24.0 Å². The number of thiazole rings is 1. The largest absolute Gasteiger partial charge is 0.494 e. The number of hydrogen-bond donors (Lipinski definition) is 1. The van der Waals surface area contributed by atoms with Crippen LogP contribution < -0.4 is 10.1 Å². The van der Waals surface area contributed by atoms with Crippen LogP contribution in [0.1, 0.15) is 27.5 Å². The third-order valence-electron chi connectivity index (χ3n) is 4.30. The molecule has 1 N–H and O–H groups in total. The van der Waals surface area contributed by atoms with E-state index in [1.807, 2.05) is 69.6 Å². The van der Waals surface area contributed by atoms with Crippen LogP contribution in [0.15, 0.2) is 58.8 Å². The van der Waals surface area contributed by atoms with Gasteiger partial charge < -0.3 is 15.0 Å². The molecule has 0 saturated carbocycles. The second kappa shape index (κ2) is 11.2. The number of carbonyl (C=O) groups excluding carboxylic acids is 1. The molecule has 0 unspecified atom stereocenters. The van der Waals surface area contributed by atoms with Gasteiger partial charge in [0.1, 0.15) is 5.75 Å². The number of anilines is 1. The van der Waals surface area contributed by atoms with Crippen molar-refractivity contribution in [3.63, 3.8) is 0 Å². The molecule has 0 saturated heterocycles. The molecule has 30 heavy (non-hydrogen) atoms. The van der Waals surface area contributed by atoms with E-state index in [1.54, 1.807) is 23.1 Å². The fraction of sp³-hybridized carbons (Fsp3) is 0.304. The monoisotopic (exact) mass is 441 g/mol. The van der Waals surface area contributed by atoms with Crippen LogP contribution in [0.25, 0.3) is 0 Å². The molecule has 0 aliphatic carbocycles. The Hall–Kier alpha value is -2.35. The number of nitrogens with one attached hydrogen (secondary N) is 1. The van der Waals surface area contributed by atoms with Gasteiger partial charge in [-0.05, 0) is 63.8 Å². The first-order chi connectivity index (χ1) is 14.5. The zero-order valence-corrected chi connectivity index (χ0v) is 19.2. The highest BCUT2D eigenvalue weighted by atomic mass is 32.2. The maximum absolute atomic E-state index is 12.8. The third-order valence-corrected chi connectivity index (χ3v) is 6.23. The van der Waals surface area contributed by atoms with Crippen LogP contribution in [0.4, 0.5) is 5.69 Å². The summed E-state index contributed by atoms with van der Waals surface area (Å²) in [7, 11) is 4.10. The molecule has 1 amide bonds. The number of nitrogens with zero attached hydrogens (tertiary/aromatic N) is 2. The number of hydrogen-bond acceptors (Lipinski definition) is 6. The maximum atomic E-state index is 12.8. The van der Waals surface area contributed by atoms with Crippen molar-refractivity contribution < 1.29 is 9.53 Å². The molecule has 0 radical (unpaired) electrons. The van der Waals surface area contributed by atoms with E-state index in [9.17, 15) is 4.79 Å². The summed E-state index contributed by atoms with van der Waals surface area (Å²) in [5.74, 6) is 1.43. The van der Waals surface area contributed by atoms with Crippen LogP contribution in [-0.2, 0) is 5.75 Å². The van der Waals surface area contributed by atoms with Gasteiger partial charge >= 0.3 is 0 Å². The van der Waals surface area contributed by atoms with Crippen LogP contribution >= 0.6 is 23.1 Å². The Kier molecular flexibility index (Phi) is 8.30. The lowest BCUT2D eigenvalue weighted by Gasteiger charge is -2.12. The highest BCUT2D eigenvalue weighted by Crippen LogP contribution is 2.27. The minimum Gasteiger partial charge on any atom is -0.494 e. The van der Waals surface area contributed by atoms with E-state index in [0.717, 1.165) is 45.8 Å². The fourth-order valence-corrected chi connectivity index (χ4v) is 4.47. The van der Waals surface area contributed by atoms with Crippen LogP contribution in [0, 0.1) is 6.92 Å². The molecule has 0 aliphatic rings. The lowest BCUT2D eigenvalue weighted by atomic mass is 10.2. The first-order valence-electron chi connectivity index (χ1n) is 9.83. The topological polar surface area (TPSA) is 54.5 Å². The third kappa shape index (κ3) is 6.86. The van der Waals surface area contributed by atoms with Crippen LogP contribution in [0.3, 0.4) is 0 Å². The molecular formula is C23H27N3O2S2. The summed E-state index contributed by atoms with van der Waals surface area (Å²) in [6.45, 7) is 3.67. The van der Waals surface area contributed by atoms with Gasteiger partial charge in [0, 0.05) is 28.3 Å². The highest BCUT2D eigenvalue weighted by molar-refractivity contribution is 7.98. The molecule has 1 aromatic heterocycles. The molecule has 158 valence electrons. The lowest BCUT2D eigenvalue weighted by Crippen LogP contribution is -2.15. The maximum Gasteiger partial charge on any atom is 0.256 e. The normalized spacial score (nSPS) is 10.9. The Bertz CT molecular complexity index is 955. The number of aromatic nitrogens is 1. The summed E-state index contributed by atoms with van der Waals surface area (Å²) < 4.78 is 5.75. The van der Waals surface area contributed by atoms with Crippen molar-refractivity contribution in [1.82, 2.24) is 9.88 Å². The standard InChI is InChI=1S/C23H27N3O2S2/c1-17-24-19(15-29-17)16-30-22-8-5-4-7-21(22)23(27)25-18-9-11-20(12-10-18)28-14-6-13-26(2)3/h4-5,7-12,15H,6,13-14,16H2,1-3H3,(H,25,27). The molecule has 3 aromatic rings. The van der Waals surface area contributed by atoms with Gasteiger partial charge in [-0.25, -0.2) is 4.98 Å². The van der Waals surface area contributed by atoms with Crippen molar-refractivity contribution in [2.75, 3.05) is 32.6 Å². The molecule has 0 atom stereocenters. The fourth-order valence-electron chi connectivity index (χ4n) is 2.81. The first kappa shape index (κ1) is 22.3. The number of carbonyl (C=O) groups is 1. The molecule has 2 aromatic carbocycles. The molecule has 5 nitrogen and oxygen atoms in total. The van der Waals surface area contributed by atoms with E-state index in [0.29, 0.717) is 12.2 Å². The summed E-state index contributed by atoms with van der Waals surface area (Å²) in [4.78, 5) is 20.4. The van der Waals surface area contributed by atoms with E-state index in [4.69, 9.17) is 4.74 Å². The van der Waals surface area contributed by atoms with Crippen LogP contribution in [0.2, 0.25) is 0 Å². The molecule has 0 fully saturated rings. The predicted molar refractivity (Wildman–Crippen MR) is 126 cm³/mol. The smallest absolute Gasteiger partial charge is 0.256 e. The summed E-state index contributed by atoms with van der Waals surface area (Å²) in [5.41, 5.74) is 2.45. The van der Waals surface area contributed by atoms with Gasteiger partial charge in [0.2, 0.25) is 0 Å². The van der Waals surface area contributed by atoms with Crippen molar-refractivity contribution in [2.24, 2.45) is 0 Å². The van der Waals surface area contributed by atoms with Crippen LogP contribution in [-0.4, -0.2) is 43.0 Å². The lowest BCUT2D eigenvalue weighted by molar-refractivity contribution is 0.102. The van der Waals surface area contributed by atoms with Crippen molar-refractivity contribution >= 4 is 34.7 Å². The minimum absolute atomic E-state index is 0.118. The molecular weight excluding hydrogens is 414 g/mol. The SMILES string of the molecule is Cc1nc(CSc2ccccc2C(=O)Nc2ccc(OCCCN(C)C)cc2)cs1. The number of ether oxygens (including phenoxy) is 1. The van der Waals surface area contributed by atoms with Crippen molar-refractivity contribution in [3.8, 4) is 5.75 Å². The van der Waals surface area contributed by atoms with Gasteiger partial charge in [-0.15, -0.1) is 23.1 Å².